The summed E-state index contributed by atoms with van der Waals surface area (Å²) < 4.78 is 19.6. The van der Waals surface area contributed by atoms with E-state index < -0.39 is 12.1 Å². The van der Waals surface area contributed by atoms with Crippen molar-refractivity contribution < 1.29 is 19.0 Å². The second kappa shape index (κ2) is 11.1. The van der Waals surface area contributed by atoms with Gasteiger partial charge in [-0.2, -0.15) is 0 Å². The summed E-state index contributed by atoms with van der Waals surface area (Å²) in [6, 6.07) is 9.38. The van der Waals surface area contributed by atoms with Gasteiger partial charge in [0.2, 0.25) is 5.88 Å². The molecule has 0 bridgehead atoms. The fourth-order valence-electron chi connectivity index (χ4n) is 4.14. The lowest BCUT2D eigenvalue weighted by atomic mass is 9.98. The number of carbonyl (C=O) groups is 1. The van der Waals surface area contributed by atoms with E-state index in [4.69, 9.17) is 14.6 Å². The van der Waals surface area contributed by atoms with Gasteiger partial charge in [-0.05, 0) is 56.4 Å². The van der Waals surface area contributed by atoms with Crippen molar-refractivity contribution in [1.82, 2.24) is 15.0 Å². The van der Waals surface area contributed by atoms with Crippen LogP contribution in [-0.2, 0) is 4.79 Å². The van der Waals surface area contributed by atoms with Crippen LogP contribution in [-0.4, -0.2) is 32.1 Å². The molecule has 3 aromatic rings. The summed E-state index contributed by atoms with van der Waals surface area (Å²) in [5, 5.41) is 14.1. The summed E-state index contributed by atoms with van der Waals surface area (Å²) in [5.74, 6) is -0.167. The van der Waals surface area contributed by atoms with Gasteiger partial charge in [0.15, 0.2) is 0 Å². The number of nitrogens with one attached hydrogen (secondary N) is 2. The van der Waals surface area contributed by atoms with Crippen LogP contribution in [0.4, 0.5) is 15.8 Å². The highest BCUT2D eigenvalue weighted by Gasteiger charge is 2.23. The predicted molar refractivity (Wildman–Crippen MR) is 132 cm³/mol. The summed E-state index contributed by atoms with van der Waals surface area (Å²) in [7, 11) is 0. The minimum absolute atomic E-state index is 0.203. The third-order valence-electron chi connectivity index (χ3n) is 5.94. The normalized spacial score (nSPS) is 17.7. The van der Waals surface area contributed by atoms with E-state index in [2.05, 4.69) is 25.6 Å². The molecular weight excluding hydrogens is 449 g/mol. The molecule has 9 heteroatoms. The zero-order valence-corrected chi connectivity index (χ0v) is 19.9. The summed E-state index contributed by atoms with van der Waals surface area (Å²) >= 11 is 0. The number of fused-ring (bicyclic) bond motifs is 1. The Kier molecular flexibility index (Phi) is 7.74. The Balaban J connectivity index is 0.000000672. The van der Waals surface area contributed by atoms with E-state index in [-0.39, 0.29) is 12.3 Å². The number of aromatic nitrogens is 3. The maximum absolute atomic E-state index is 13.6. The first kappa shape index (κ1) is 24.4. The molecule has 1 aliphatic carbocycles. The van der Waals surface area contributed by atoms with Crippen molar-refractivity contribution in [1.29, 1.82) is 0 Å². The smallest absolute Gasteiger partial charge is 0.300 e. The van der Waals surface area contributed by atoms with Gasteiger partial charge in [0.1, 0.15) is 24.1 Å². The molecule has 1 fully saturated rings. The Morgan fingerprint density at radius 3 is 2.40 bits per heavy atom. The average molecular weight is 480 g/mol. The van der Waals surface area contributed by atoms with E-state index in [0.717, 1.165) is 48.1 Å². The SMILES string of the molecule is CC(=O)O.CC(F)c1ccc2c(c1)NC(c1cnc(-c3ccc(OC4CCCCC4)nc3)cn1)N2. The molecule has 3 N–H and O–H groups in total. The van der Waals surface area contributed by atoms with E-state index in [1.165, 1.54) is 26.2 Å². The highest BCUT2D eigenvalue weighted by Crippen LogP contribution is 2.37. The van der Waals surface area contributed by atoms with Gasteiger partial charge in [0, 0.05) is 24.8 Å². The number of benzene rings is 1. The van der Waals surface area contributed by atoms with E-state index >= 15 is 0 Å². The number of rotatable bonds is 5. The molecule has 2 unspecified atom stereocenters. The molecule has 0 spiro atoms. The second-order valence-corrected chi connectivity index (χ2v) is 8.75. The molecular formula is C26H30FN5O3. The fourth-order valence-corrected chi connectivity index (χ4v) is 4.14. The molecule has 35 heavy (non-hydrogen) atoms. The molecule has 0 radical (unpaired) electrons. The number of ether oxygens (including phenoxy) is 1. The van der Waals surface area contributed by atoms with Gasteiger partial charge in [-0.15, -0.1) is 0 Å². The topological polar surface area (TPSA) is 109 Å². The largest absolute Gasteiger partial charge is 0.481 e. The molecule has 2 atom stereocenters. The standard InChI is InChI=1S/C24H26FN5O.C2H4O2/c1-15(25)16-7-9-19-20(11-16)30-24(29-19)22-14-26-21(13-27-22)17-8-10-23(28-12-17)31-18-5-3-2-4-6-18;1-2(3)4/h7-15,18,24,29-30H,2-6H2,1H3;1H3,(H,3,4). The zero-order chi connectivity index (χ0) is 24.8. The minimum atomic E-state index is -1.00. The van der Waals surface area contributed by atoms with Crippen molar-refractivity contribution in [2.75, 3.05) is 10.6 Å². The molecule has 184 valence electrons. The molecule has 8 nitrogen and oxygen atoms in total. The van der Waals surface area contributed by atoms with Gasteiger partial charge in [-0.1, -0.05) is 12.5 Å². The van der Waals surface area contributed by atoms with Crippen LogP contribution in [0.2, 0.25) is 0 Å². The number of anilines is 2. The maximum atomic E-state index is 13.6. The number of halogens is 1. The third kappa shape index (κ3) is 6.44. The molecule has 5 rings (SSSR count). The molecule has 0 amide bonds. The van der Waals surface area contributed by atoms with Crippen LogP contribution < -0.4 is 15.4 Å². The molecule has 1 aliphatic heterocycles. The van der Waals surface area contributed by atoms with Gasteiger partial charge in [-0.3, -0.25) is 14.8 Å². The first-order chi connectivity index (χ1) is 16.9. The van der Waals surface area contributed by atoms with Gasteiger partial charge >= 0.3 is 0 Å². The van der Waals surface area contributed by atoms with Crippen LogP contribution in [0.3, 0.4) is 0 Å². The lowest BCUT2D eigenvalue weighted by Gasteiger charge is -2.22. The lowest BCUT2D eigenvalue weighted by Crippen LogP contribution is -2.20. The first-order valence-electron chi connectivity index (χ1n) is 11.8. The Morgan fingerprint density at radius 1 is 1.03 bits per heavy atom. The molecule has 2 aromatic heterocycles. The quantitative estimate of drug-likeness (QED) is 0.414. The lowest BCUT2D eigenvalue weighted by molar-refractivity contribution is -0.134. The second-order valence-electron chi connectivity index (χ2n) is 8.75. The highest BCUT2D eigenvalue weighted by atomic mass is 19.1. The number of hydrogen-bond donors (Lipinski definition) is 3. The molecule has 1 saturated carbocycles. The van der Waals surface area contributed by atoms with Crippen LogP contribution in [0, 0.1) is 0 Å². The number of nitrogens with zero attached hydrogens (tertiary/aromatic N) is 3. The number of alkyl halides is 1. The van der Waals surface area contributed by atoms with Crippen molar-refractivity contribution in [2.45, 2.75) is 64.4 Å². The Hall–Kier alpha value is -3.75. The zero-order valence-electron chi connectivity index (χ0n) is 19.9. The van der Waals surface area contributed by atoms with Crippen LogP contribution in [0.15, 0.2) is 48.9 Å². The Bertz CT molecular complexity index is 1130. The van der Waals surface area contributed by atoms with Gasteiger partial charge < -0.3 is 20.5 Å². The van der Waals surface area contributed by atoms with Gasteiger partial charge in [0.25, 0.3) is 5.97 Å². The van der Waals surface area contributed by atoms with Crippen molar-refractivity contribution in [3.8, 4) is 17.1 Å². The third-order valence-corrected chi connectivity index (χ3v) is 5.94. The molecule has 3 heterocycles. The van der Waals surface area contributed by atoms with E-state index in [1.807, 2.05) is 24.3 Å². The van der Waals surface area contributed by atoms with Crippen LogP contribution in [0.5, 0.6) is 5.88 Å². The van der Waals surface area contributed by atoms with E-state index in [9.17, 15) is 4.39 Å². The first-order valence-corrected chi connectivity index (χ1v) is 11.8. The summed E-state index contributed by atoms with van der Waals surface area (Å²) in [4.78, 5) is 22.6. The fraction of sp³-hybridized carbons (Fsp3) is 0.385. The maximum Gasteiger partial charge on any atom is 0.300 e. The van der Waals surface area contributed by atoms with Crippen LogP contribution >= 0.6 is 0 Å². The summed E-state index contributed by atoms with van der Waals surface area (Å²) in [5.41, 5.74) is 4.86. The van der Waals surface area contributed by atoms with E-state index in [0.29, 0.717) is 11.4 Å². The number of carboxylic acid groups (broad SMARTS) is 1. The predicted octanol–water partition coefficient (Wildman–Crippen LogP) is 5.91. The number of hydrogen-bond acceptors (Lipinski definition) is 7. The Labute approximate surface area is 204 Å². The van der Waals surface area contributed by atoms with Gasteiger partial charge in [0.05, 0.1) is 29.5 Å². The highest BCUT2D eigenvalue weighted by molar-refractivity contribution is 5.75. The van der Waals surface area contributed by atoms with Crippen molar-refractivity contribution in [3.05, 3.63) is 60.2 Å². The summed E-state index contributed by atoms with van der Waals surface area (Å²) in [6.07, 6.45) is 10.3. The van der Waals surface area contributed by atoms with Crippen molar-refractivity contribution >= 4 is 17.3 Å². The summed E-state index contributed by atoms with van der Waals surface area (Å²) in [6.45, 7) is 2.62. The van der Waals surface area contributed by atoms with Crippen LogP contribution in [0.1, 0.15) is 69.5 Å². The number of carboxylic acids is 1. The van der Waals surface area contributed by atoms with Gasteiger partial charge in [-0.25, -0.2) is 9.37 Å². The Morgan fingerprint density at radius 2 is 1.77 bits per heavy atom. The molecule has 0 saturated heterocycles. The number of pyridine rings is 1. The minimum Gasteiger partial charge on any atom is -0.481 e. The molecule has 2 aliphatic rings. The number of aliphatic carboxylic acids is 1. The monoisotopic (exact) mass is 479 g/mol. The van der Waals surface area contributed by atoms with Crippen LogP contribution in [0.25, 0.3) is 11.3 Å². The molecule has 1 aromatic carbocycles. The average Bonchev–Trinajstić information content (AvgIpc) is 3.28. The van der Waals surface area contributed by atoms with Crippen molar-refractivity contribution in [3.63, 3.8) is 0 Å². The van der Waals surface area contributed by atoms with E-state index in [1.54, 1.807) is 24.7 Å². The van der Waals surface area contributed by atoms with Crippen molar-refractivity contribution in [2.24, 2.45) is 0 Å².